The van der Waals surface area contributed by atoms with E-state index in [4.69, 9.17) is 4.74 Å². The zero-order chi connectivity index (χ0) is 15.5. The lowest BCUT2D eigenvalue weighted by Crippen LogP contribution is -2.46. The summed E-state index contributed by atoms with van der Waals surface area (Å²) in [5, 5.41) is 30.8. The molecule has 0 unspecified atom stereocenters. The zero-order valence-electron chi connectivity index (χ0n) is 11.3. The molecule has 0 bridgehead atoms. The van der Waals surface area contributed by atoms with Gasteiger partial charge in [0.15, 0.2) is 0 Å². The Labute approximate surface area is 121 Å². The van der Waals surface area contributed by atoms with E-state index in [1.165, 1.54) is 12.1 Å². The molecule has 21 heavy (non-hydrogen) atoms. The largest absolute Gasteiger partial charge is 0.508 e. The molecule has 7 nitrogen and oxygen atoms in total. The van der Waals surface area contributed by atoms with Gasteiger partial charge >= 0.3 is 5.97 Å². The molecular weight excluding hydrogens is 278 g/mol. The first-order valence-electron chi connectivity index (χ1n) is 6.56. The fraction of sp³-hybridized carbons (Fsp3) is 0.429. The summed E-state index contributed by atoms with van der Waals surface area (Å²) in [6.07, 6.45) is 0.628. The van der Waals surface area contributed by atoms with Crippen LogP contribution in [-0.2, 0) is 9.53 Å². The fourth-order valence-corrected chi connectivity index (χ4v) is 2.28. The number of phenolic OH excluding ortho intramolecular Hbond substituents is 2. The normalized spacial score (nSPS) is 17.1. The Morgan fingerprint density at radius 2 is 1.90 bits per heavy atom. The highest BCUT2D eigenvalue weighted by atomic mass is 16.5. The zero-order valence-corrected chi connectivity index (χ0v) is 11.3. The molecule has 114 valence electrons. The van der Waals surface area contributed by atoms with Crippen molar-refractivity contribution in [1.82, 2.24) is 5.32 Å². The fourth-order valence-electron chi connectivity index (χ4n) is 2.28. The SMILES string of the molecule is O=C(NCC1(C(=O)O)CCOCC1)c1cc(O)ccc1O. The van der Waals surface area contributed by atoms with Crippen molar-refractivity contribution in [2.45, 2.75) is 12.8 Å². The van der Waals surface area contributed by atoms with E-state index in [2.05, 4.69) is 5.32 Å². The summed E-state index contributed by atoms with van der Waals surface area (Å²) in [6.45, 7) is 0.610. The smallest absolute Gasteiger partial charge is 0.311 e. The molecule has 0 aliphatic carbocycles. The summed E-state index contributed by atoms with van der Waals surface area (Å²) in [5.41, 5.74) is -1.15. The minimum atomic E-state index is -1.06. The number of ether oxygens (including phenoxy) is 1. The van der Waals surface area contributed by atoms with Gasteiger partial charge in [0, 0.05) is 19.8 Å². The van der Waals surface area contributed by atoms with Crippen molar-refractivity contribution in [1.29, 1.82) is 0 Å². The van der Waals surface area contributed by atoms with Crippen LogP contribution in [0.25, 0.3) is 0 Å². The van der Waals surface area contributed by atoms with Gasteiger partial charge in [-0.3, -0.25) is 9.59 Å². The maximum atomic E-state index is 12.0. The number of carboxylic acids is 1. The number of rotatable bonds is 4. The lowest BCUT2D eigenvalue weighted by atomic mass is 9.80. The Hall–Kier alpha value is -2.28. The van der Waals surface area contributed by atoms with Gasteiger partial charge in [-0.25, -0.2) is 0 Å². The number of hydrogen-bond donors (Lipinski definition) is 4. The van der Waals surface area contributed by atoms with E-state index < -0.39 is 17.3 Å². The highest BCUT2D eigenvalue weighted by Crippen LogP contribution is 2.30. The second-order valence-electron chi connectivity index (χ2n) is 5.08. The van der Waals surface area contributed by atoms with Crippen molar-refractivity contribution in [3.8, 4) is 11.5 Å². The molecule has 1 fully saturated rings. The maximum Gasteiger partial charge on any atom is 0.311 e. The first-order valence-corrected chi connectivity index (χ1v) is 6.56. The van der Waals surface area contributed by atoms with E-state index in [9.17, 15) is 24.9 Å². The first-order chi connectivity index (χ1) is 9.94. The molecule has 1 saturated heterocycles. The van der Waals surface area contributed by atoms with Gasteiger partial charge in [-0.05, 0) is 31.0 Å². The average Bonchev–Trinajstić information content (AvgIpc) is 2.48. The van der Waals surface area contributed by atoms with Gasteiger partial charge in [0.2, 0.25) is 0 Å². The third-order valence-electron chi connectivity index (χ3n) is 3.72. The van der Waals surface area contributed by atoms with E-state index in [0.717, 1.165) is 6.07 Å². The van der Waals surface area contributed by atoms with Crippen LogP contribution in [0.3, 0.4) is 0 Å². The standard InChI is InChI=1S/C14H17NO6/c16-9-1-2-11(17)10(7-9)12(18)15-8-14(13(19)20)3-5-21-6-4-14/h1-2,7,16-17H,3-6,8H2,(H,15,18)(H,19,20). The van der Waals surface area contributed by atoms with Crippen molar-refractivity contribution in [3.05, 3.63) is 23.8 Å². The second-order valence-corrected chi connectivity index (χ2v) is 5.08. The molecule has 1 amide bonds. The van der Waals surface area contributed by atoms with Gasteiger partial charge in [-0.15, -0.1) is 0 Å². The van der Waals surface area contributed by atoms with E-state index in [1.807, 2.05) is 0 Å². The third kappa shape index (κ3) is 3.25. The Morgan fingerprint density at radius 3 is 2.52 bits per heavy atom. The van der Waals surface area contributed by atoms with E-state index >= 15 is 0 Å². The summed E-state index contributed by atoms with van der Waals surface area (Å²) in [5.74, 6) is -2.04. The van der Waals surface area contributed by atoms with Crippen molar-refractivity contribution in [3.63, 3.8) is 0 Å². The minimum absolute atomic E-state index is 0.0559. The van der Waals surface area contributed by atoms with Crippen LogP contribution >= 0.6 is 0 Å². The number of nitrogens with one attached hydrogen (secondary N) is 1. The van der Waals surface area contributed by atoms with Crippen LogP contribution in [-0.4, -0.2) is 47.0 Å². The van der Waals surface area contributed by atoms with Gasteiger partial charge < -0.3 is 25.4 Å². The monoisotopic (exact) mass is 295 g/mol. The van der Waals surface area contributed by atoms with Gasteiger partial charge in [0.1, 0.15) is 11.5 Å². The molecule has 0 radical (unpaired) electrons. The molecule has 0 aromatic heterocycles. The molecule has 0 saturated carbocycles. The molecular formula is C14H17NO6. The first kappa shape index (κ1) is 15.1. The number of amides is 1. The maximum absolute atomic E-state index is 12.0. The number of hydrogen-bond acceptors (Lipinski definition) is 5. The lowest BCUT2D eigenvalue weighted by Gasteiger charge is -2.33. The summed E-state index contributed by atoms with van der Waals surface area (Å²) in [7, 11) is 0. The van der Waals surface area contributed by atoms with Crippen molar-refractivity contribution >= 4 is 11.9 Å². The van der Waals surface area contributed by atoms with Crippen LogP contribution in [0.15, 0.2) is 18.2 Å². The summed E-state index contributed by atoms with van der Waals surface area (Å²) in [4.78, 5) is 23.5. The van der Waals surface area contributed by atoms with E-state index in [-0.39, 0.29) is 23.6 Å². The lowest BCUT2D eigenvalue weighted by molar-refractivity contribution is -0.154. The highest BCUT2D eigenvalue weighted by Gasteiger charge is 2.40. The number of carboxylic acid groups (broad SMARTS) is 1. The van der Waals surface area contributed by atoms with E-state index in [0.29, 0.717) is 26.1 Å². The average molecular weight is 295 g/mol. The predicted octanol–water partition coefficient (Wildman–Crippen LogP) is 0.709. The molecule has 0 spiro atoms. The predicted molar refractivity (Wildman–Crippen MR) is 72.2 cm³/mol. The highest BCUT2D eigenvalue weighted by molar-refractivity contribution is 5.97. The van der Waals surface area contributed by atoms with Crippen molar-refractivity contribution < 1.29 is 29.6 Å². The number of carbonyl (C=O) groups excluding carboxylic acids is 1. The van der Waals surface area contributed by atoms with Gasteiger partial charge in [0.05, 0.1) is 11.0 Å². The van der Waals surface area contributed by atoms with Crippen molar-refractivity contribution in [2.75, 3.05) is 19.8 Å². The molecule has 7 heteroatoms. The minimum Gasteiger partial charge on any atom is -0.508 e. The van der Waals surface area contributed by atoms with Crippen LogP contribution in [0.5, 0.6) is 11.5 Å². The van der Waals surface area contributed by atoms with Crippen LogP contribution < -0.4 is 5.32 Å². The van der Waals surface area contributed by atoms with E-state index in [1.54, 1.807) is 0 Å². The summed E-state index contributed by atoms with van der Waals surface area (Å²) >= 11 is 0. The Kier molecular flexibility index (Phi) is 4.32. The Balaban J connectivity index is 2.08. The topological polar surface area (TPSA) is 116 Å². The Morgan fingerprint density at radius 1 is 1.24 bits per heavy atom. The van der Waals surface area contributed by atoms with Gasteiger partial charge in [0.25, 0.3) is 5.91 Å². The van der Waals surface area contributed by atoms with Gasteiger partial charge in [-0.2, -0.15) is 0 Å². The molecule has 1 aromatic carbocycles. The molecule has 4 N–H and O–H groups in total. The second kappa shape index (κ2) is 6.01. The number of phenols is 2. The quantitative estimate of drug-likeness (QED) is 0.608. The number of carbonyl (C=O) groups is 2. The number of aromatic hydroxyl groups is 2. The molecule has 1 heterocycles. The molecule has 1 aromatic rings. The molecule has 0 atom stereocenters. The number of benzene rings is 1. The van der Waals surface area contributed by atoms with Crippen molar-refractivity contribution in [2.24, 2.45) is 5.41 Å². The number of aliphatic carboxylic acids is 1. The van der Waals surface area contributed by atoms with Crippen LogP contribution in [0.1, 0.15) is 23.2 Å². The van der Waals surface area contributed by atoms with Crippen LogP contribution in [0, 0.1) is 5.41 Å². The van der Waals surface area contributed by atoms with Gasteiger partial charge in [-0.1, -0.05) is 0 Å². The third-order valence-corrected chi connectivity index (χ3v) is 3.72. The van der Waals surface area contributed by atoms with Crippen LogP contribution in [0.4, 0.5) is 0 Å². The van der Waals surface area contributed by atoms with Crippen LogP contribution in [0.2, 0.25) is 0 Å². The summed E-state index contributed by atoms with van der Waals surface area (Å²) in [6, 6.07) is 3.58. The molecule has 2 rings (SSSR count). The molecule has 1 aliphatic heterocycles. The Bertz CT molecular complexity index is 550. The molecule has 1 aliphatic rings. The summed E-state index contributed by atoms with van der Waals surface area (Å²) < 4.78 is 5.15.